The monoisotopic (exact) mass is 463 g/mol. The smallest absolute Gasteiger partial charge is 0.266 e. The maximum atomic E-state index is 14.6. The summed E-state index contributed by atoms with van der Waals surface area (Å²) in [6.45, 7) is 0.612. The molecule has 5 nitrogen and oxygen atoms in total. The van der Waals surface area contributed by atoms with Crippen molar-refractivity contribution in [1.29, 1.82) is 0 Å². The summed E-state index contributed by atoms with van der Waals surface area (Å²) in [7, 11) is 0. The van der Waals surface area contributed by atoms with Crippen molar-refractivity contribution < 1.29 is 13.6 Å². The van der Waals surface area contributed by atoms with E-state index >= 15 is 0 Å². The van der Waals surface area contributed by atoms with Crippen molar-refractivity contribution in [3.05, 3.63) is 94.3 Å². The second-order valence-corrected chi connectivity index (χ2v) is 8.66. The molecule has 5 rings (SSSR count). The summed E-state index contributed by atoms with van der Waals surface area (Å²) >= 11 is 1.06. The second kappa shape index (κ2) is 8.78. The average Bonchev–Trinajstić information content (AvgIpc) is 2.83. The molecule has 0 fully saturated rings. The molecule has 1 aromatic heterocycles. The molecular weight excluding hydrogens is 444 g/mol. The number of aryl methyl sites for hydroxylation is 1. The van der Waals surface area contributed by atoms with Crippen LogP contribution >= 0.6 is 11.8 Å². The molecule has 1 aliphatic rings. The Balaban J connectivity index is 1.53. The zero-order chi connectivity index (χ0) is 22.9. The van der Waals surface area contributed by atoms with Gasteiger partial charge in [-0.15, -0.1) is 0 Å². The minimum Gasteiger partial charge on any atom is -0.311 e. The quantitative estimate of drug-likeness (QED) is 0.324. The fraction of sp³-hybridized carbons (Fsp3) is 0.160. The van der Waals surface area contributed by atoms with Crippen molar-refractivity contribution in [2.24, 2.45) is 0 Å². The number of halogens is 2. The van der Waals surface area contributed by atoms with Crippen LogP contribution in [0, 0.1) is 11.6 Å². The Morgan fingerprint density at radius 1 is 1.00 bits per heavy atom. The van der Waals surface area contributed by atoms with Crippen LogP contribution in [0.15, 0.2) is 76.7 Å². The molecule has 8 heteroatoms. The van der Waals surface area contributed by atoms with E-state index in [1.54, 1.807) is 29.2 Å². The summed E-state index contributed by atoms with van der Waals surface area (Å²) in [5.74, 6) is -1.73. The lowest BCUT2D eigenvalue weighted by Gasteiger charge is -2.29. The number of para-hydroxylation sites is 2. The molecule has 166 valence electrons. The molecule has 0 saturated heterocycles. The van der Waals surface area contributed by atoms with Gasteiger partial charge in [-0.1, -0.05) is 42.1 Å². The predicted octanol–water partition coefficient (Wildman–Crippen LogP) is 4.74. The minimum atomic E-state index is -0.882. The van der Waals surface area contributed by atoms with Crippen LogP contribution in [-0.2, 0) is 11.2 Å². The number of hydrogen-bond acceptors (Lipinski definition) is 4. The van der Waals surface area contributed by atoms with Gasteiger partial charge in [0, 0.05) is 18.3 Å². The molecule has 2 heterocycles. The minimum absolute atomic E-state index is 0.0158. The van der Waals surface area contributed by atoms with Crippen LogP contribution in [0.5, 0.6) is 0 Å². The van der Waals surface area contributed by atoms with E-state index in [9.17, 15) is 18.4 Å². The molecular formula is C25H19F2N3O2S. The molecule has 0 saturated carbocycles. The Labute approximate surface area is 192 Å². The van der Waals surface area contributed by atoms with E-state index in [-0.39, 0.29) is 22.5 Å². The normalized spacial score (nSPS) is 13.2. The molecule has 0 spiro atoms. The third kappa shape index (κ3) is 4.02. The Morgan fingerprint density at radius 3 is 2.64 bits per heavy atom. The average molecular weight is 464 g/mol. The largest absolute Gasteiger partial charge is 0.311 e. The Bertz CT molecular complexity index is 1440. The van der Waals surface area contributed by atoms with Crippen LogP contribution in [0.3, 0.4) is 0 Å². The van der Waals surface area contributed by atoms with Crippen LogP contribution < -0.4 is 10.5 Å². The molecule has 0 N–H and O–H groups in total. The van der Waals surface area contributed by atoms with Crippen LogP contribution in [-0.4, -0.2) is 27.8 Å². The number of anilines is 1. The van der Waals surface area contributed by atoms with E-state index in [1.165, 1.54) is 6.07 Å². The van der Waals surface area contributed by atoms with E-state index < -0.39 is 17.2 Å². The van der Waals surface area contributed by atoms with Crippen LogP contribution in [0.1, 0.15) is 12.0 Å². The van der Waals surface area contributed by atoms with Gasteiger partial charge in [-0.25, -0.2) is 13.8 Å². The molecule has 3 aromatic carbocycles. The first-order valence-electron chi connectivity index (χ1n) is 10.5. The number of fused-ring (bicyclic) bond motifs is 2. The molecule has 0 unspecified atom stereocenters. The van der Waals surface area contributed by atoms with Gasteiger partial charge in [-0.2, -0.15) is 0 Å². The third-order valence-corrected chi connectivity index (χ3v) is 6.55. The van der Waals surface area contributed by atoms with Gasteiger partial charge in [0.2, 0.25) is 5.91 Å². The standard InChI is InChI=1S/C25H19F2N3O2S/c26-17-11-12-22(19(27)14-17)30-24(32)18-8-2-3-9-20(18)28-25(30)33-15-23(31)29-13-5-7-16-6-1-4-10-21(16)29/h1-4,6,8-12,14H,5,7,13,15H2. The summed E-state index contributed by atoms with van der Waals surface area (Å²) in [5, 5.41) is 0.477. The molecule has 0 aliphatic carbocycles. The van der Waals surface area contributed by atoms with Crippen LogP contribution in [0.2, 0.25) is 0 Å². The van der Waals surface area contributed by atoms with Gasteiger partial charge in [0.15, 0.2) is 5.16 Å². The highest BCUT2D eigenvalue weighted by molar-refractivity contribution is 7.99. The van der Waals surface area contributed by atoms with E-state index in [1.807, 2.05) is 24.3 Å². The number of amides is 1. The van der Waals surface area contributed by atoms with Gasteiger partial charge < -0.3 is 4.90 Å². The molecule has 0 bridgehead atoms. The van der Waals surface area contributed by atoms with Gasteiger partial charge in [0.25, 0.3) is 5.56 Å². The van der Waals surface area contributed by atoms with E-state index in [0.29, 0.717) is 17.4 Å². The number of aromatic nitrogens is 2. The van der Waals surface area contributed by atoms with Crippen molar-refractivity contribution in [3.63, 3.8) is 0 Å². The number of carbonyl (C=O) groups excluding carboxylic acids is 1. The maximum absolute atomic E-state index is 14.6. The van der Waals surface area contributed by atoms with Gasteiger partial charge in [-0.05, 0) is 48.7 Å². The maximum Gasteiger partial charge on any atom is 0.266 e. The number of benzene rings is 3. The van der Waals surface area contributed by atoms with E-state index in [4.69, 9.17) is 0 Å². The Morgan fingerprint density at radius 2 is 1.79 bits per heavy atom. The van der Waals surface area contributed by atoms with E-state index in [2.05, 4.69) is 4.98 Å². The summed E-state index contributed by atoms with van der Waals surface area (Å²) < 4.78 is 29.2. The SMILES string of the molecule is O=C(CSc1nc2ccccc2c(=O)n1-c1ccc(F)cc1F)N1CCCc2ccccc21. The van der Waals surface area contributed by atoms with Crippen molar-refractivity contribution in [1.82, 2.24) is 9.55 Å². The number of nitrogens with zero attached hydrogens (tertiary/aromatic N) is 3. The van der Waals surface area contributed by atoms with Gasteiger partial charge in [-0.3, -0.25) is 14.2 Å². The predicted molar refractivity (Wildman–Crippen MR) is 125 cm³/mol. The topological polar surface area (TPSA) is 55.2 Å². The number of thioether (sulfide) groups is 1. The van der Waals surface area contributed by atoms with Crippen molar-refractivity contribution in [2.75, 3.05) is 17.2 Å². The first-order chi connectivity index (χ1) is 16.0. The van der Waals surface area contributed by atoms with Crippen LogP contribution in [0.4, 0.5) is 14.5 Å². The first-order valence-corrected chi connectivity index (χ1v) is 11.5. The molecule has 0 atom stereocenters. The van der Waals surface area contributed by atoms with Gasteiger partial charge in [0.1, 0.15) is 11.6 Å². The number of rotatable bonds is 4. The second-order valence-electron chi connectivity index (χ2n) is 7.71. The van der Waals surface area contributed by atoms with Crippen LogP contribution in [0.25, 0.3) is 16.6 Å². The fourth-order valence-corrected chi connectivity index (χ4v) is 4.96. The third-order valence-electron chi connectivity index (χ3n) is 5.63. The highest BCUT2D eigenvalue weighted by Gasteiger charge is 2.24. The lowest BCUT2D eigenvalue weighted by molar-refractivity contribution is -0.116. The zero-order valence-corrected chi connectivity index (χ0v) is 18.3. The summed E-state index contributed by atoms with van der Waals surface area (Å²) in [4.78, 5) is 32.6. The molecule has 33 heavy (non-hydrogen) atoms. The Kier molecular flexibility index (Phi) is 5.68. The lowest BCUT2D eigenvalue weighted by atomic mass is 10.0. The number of hydrogen-bond donors (Lipinski definition) is 0. The highest BCUT2D eigenvalue weighted by atomic mass is 32.2. The van der Waals surface area contributed by atoms with Crippen molar-refractivity contribution >= 4 is 34.3 Å². The van der Waals surface area contributed by atoms with Crippen molar-refractivity contribution in [2.45, 2.75) is 18.0 Å². The molecule has 1 aliphatic heterocycles. The fourth-order valence-electron chi connectivity index (χ4n) is 4.08. The number of carbonyl (C=O) groups is 1. The van der Waals surface area contributed by atoms with Crippen molar-refractivity contribution in [3.8, 4) is 5.69 Å². The molecule has 1 amide bonds. The van der Waals surface area contributed by atoms with Gasteiger partial charge in [0.05, 0.1) is 22.3 Å². The summed E-state index contributed by atoms with van der Waals surface area (Å²) in [6.07, 6.45) is 1.79. The van der Waals surface area contributed by atoms with E-state index in [0.717, 1.165) is 52.6 Å². The Hall–Kier alpha value is -3.52. The summed E-state index contributed by atoms with van der Waals surface area (Å²) in [6, 6.07) is 17.6. The summed E-state index contributed by atoms with van der Waals surface area (Å²) in [5.41, 5.74) is 1.86. The zero-order valence-electron chi connectivity index (χ0n) is 17.5. The van der Waals surface area contributed by atoms with Gasteiger partial charge >= 0.3 is 0 Å². The molecule has 4 aromatic rings. The molecule has 0 radical (unpaired) electrons. The highest BCUT2D eigenvalue weighted by Crippen LogP contribution is 2.29. The first kappa shape index (κ1) is 21.3. The lowest BCUT2D eigenvalue weighted by Crippen LogP contribution is -2.36.